The maximum Gasteiger partial charge on any atom is 0.271 e. The van der Waals surface area contributed by atoms with Gasteiger partial charge in [-0.15, -0.1) is 10.2 Å². The molecule has 0 spiro atoms. The van der Waals surface area contributed by atoms with Crippen LogP contribution in [0.2, 0.25) is 0 Å². The number of hydrogen-bond acceptors (Lipinski definition) is 8. The highest BCUT2D eigenvalue weighted by atomic mass is 16.5. The minimum Gasteiger partial charge on any atom is -0.507 e. The summed E-state index contributed by atoms with van der Waals surface area (Å²) in [4.78, 5) is 12.3. The molecule has 9 nitrogen and oxygen atoms in total. The van der Waals surface area contributed by atoms with Crippen molar-refractivity contribution in [1.82, 2.24) is 15.6 Å². The van der Waals surface area contributed by atoms with Gasteiger partial charge in [-0.05, 0) is 60.2 Å². The maximum absolute atomic E-state index is 12.3. The van der Waals surface area contributed by atoms with Gasteiger partial charge in [-0.1, -0.05) is 12.1 Å². The van der Waals surface area contributed by atoms with Crippen LogP contribution in [0.25, 0.3) is 22.9 Å². The van der Waals surface area contributed by atoms with Gasteiger partial charge in [0.2, 0.25) is 5.89 Å². The Kier molecular flexibility index (Phi) is 5.80. The number of carbonyl (C=O) groups excluding carboxylic acids is 1. The molecule has 0 saturated heterocycles. The van der Waals surface area contributed by atoms with E-state index in [1.54, 1.807) is 54.6 Å². The van der Waals surface area contributed by atoms with Crippen LogP contribution in [-0.4, -0.2) is 39.6 Å². The van der Waals surface area contributed by atoms with Crippen LogP contribution in [0.3, 0.4) is 0 Å². The molecule has 0 aliphatic rings. The smallest absolute Gasteiger partial charge is 0.271 e. The fraction of sp³-hybridized carbons (Fsp3) is 0.0435. The van der Waals surface area contributed by atoms with E-state index in [4.69, 9.17) is 9.15 Å². The lowest BCUT2D eigenvalue weighted by Crippen LogP contribution is -2.17. The van der Waals surface area contributed by atoms with Crippen LogP contribution in [0, 0.1) is 0 Å². The van der Waals surface area contributed by atoms with Gasteiger partial charge in [0.25, 0.3) is 11.8 Å². The van der Waals surface area contributed by atoms with Crippen LogP contribution in [0.4, 0.5) is 0 Å². The normalized spacial score (nSPS) is 10.9. The van der Waals surface area contributed by atoms with Gasteiger partial charge in [0, 0.05) is 11.1 Å². The van der Waals surface area contributed by atoms with Crippen molar-refractivity contribution in [3.63, 3.8) is 0 Å². The van der Waals surface area contributed by atoms with Crippen molar-refractivity contribution >= 4 is 12.1 Å². The molecule has 1 aromatic heterocycles. The second kappa shape index (κ2) is 9.00. The third kappa shape index (κ3) is 4.41. The summed E-state index contributed by atoms with van der Waals surface area (Å²) in [6.07, 6.45) is 1.41. The fourth-order valence-electron chi connectivity index (χ4n) is 2.88. The van der Waals surface area contributed by atoms with Crippen molar-refractivity contribution in [2.75, 3.05) is 7.11 Å². The molecule has 32 heavy (non-hydrogen) atoms. The highest BCUT2D eigenvalue weighted by molar-refractivity contribution is 5.95. The predicted molar refractivity (Wildman–Crippen MR) is 117 cm³/mol. The molecule has 9 heteroatoms. The van der Waals surface area contributed by atoms with Crippen molar-refractivity contribution in [2.45, 2.75) is 0 Å². The minimum absolute atomic E-state index is 0.0231. The number of hydrogen-bond donors (Lipinski definition) is 3. The number of para-hydroxylation sites is 1. The Bertz CT molecular complexity index is 1280. The highest BCUT2D eigenvalue weighted by Gasteiger charge is 2.14. The van der Waals surface area contributed by atoms with E-state index in [9.17, 15) is 15.0 Å². The van der Waals surface area contributed by atoms with E-state index in [2.05, 4.69) is 20.7 Å². The molecule has 3 N–H and O–H groups in total. The summed E-state index contributed by atoms with van der Waals surface area (Å²) in [5.74, 6) is 0.405. The standard InChI is InChI=1S/C23H18N4O5/c1-31-20-11-6-14(12-19(20)29)13-24-25-21(30)15-7-9-16(10-8-15)22-26-27-23(32-22)17-4-2-3-5-18(17)28/h2-13,28-29H,1H3,(H,25,30)/b24-13+. The monoisotopic (exact) mass is 430 g/mol. The summed E-state index contributed by atoms with van der Waals surface area (Å²) < 4.78 is 10.6. The van der Waals surface area contributed by atoms with E-state index in [0.29, 0.717) is 28.0 Å². The fourth-order valence-corrected chi connectivity index (χ4v) is 2.88. The predicted octanol–water partition coefficient (Wildman–Crippen LogP) is 3.59. The van der Waals surface area contributed by atoms with Gasteiger partial charge in [0.05, 0.1) is 18.9 Å². The van der Waals surface area contributed by atoms with Gasteiger partial charge in [0.1, 0.15) is 5.75 Å². The van der Waals surface area contributed by atoms with Crippen LogP contribution in [0.1, 0.15) is 15.9 Å². The van der Waals surface area contributed by atoms with E-state index in [1.807, 2.05) is 0 Å². The first-order chi connectivity index (χ1) is 15.5. The van der Waals surface area contributed by atoms with Crippen molar-refractivity contribution in [1.29, 1.82) is 0 Å². The summed E-state index contributed by atoms with van der Waals surface area (Å²) in [5, 5.41) is 31.6. The number of hydrazone groups is 1. The first-order valence-corrected chi connectivity index (χ1v) is 9.48. The Morgan fingerprint density at radius 2 is 1.75 bits per heavy atom. The van der Waals surface area contributed by atoms with Crippen LogP contribution in [-0.2, 0) is 0 Å². The zero-order valence-electron chi connectivity index (χ0n) is 16.9. The van der Waals surface area contributed by atoms with Gasteiger partial charge in [-0.3, -0.25) is 4.79 Å². The number of amides is 1. The Morgan fingerprint density at radius 1 is 1.00 bits per heavy atom. The molecular formula is C23H18N4O5. The lowest BCUT2D eigenvalue weighted by molar-refractivity contribution is 0.0955. The van der Waals surface area contributed by atoms with Gasteiger partial charge in [-0.2, -0.15) is 5.10 Å². The molecule has 1 amide bonds. The number of carbonyl (C=O) groups is 1. The SMILES string of the molecule is COc1ccc(/C=N/NC(=O)c2ccc(-c3nnc(-c4ccccc4O)o3)cc2)cc1O. The topological polar surface area (TPSA) is 130 Å². The molecule has 0 unspecified atom stereocenters. The minimum atomic E-state index is -0.411. The van der Waals surface area contributed by atoms with Gasteiger partial charge >= 0.3 is 0 Å². The summed E-state index contributed by atoms with van der Waals surface area (Å²) in [6.45, 7) is 0. The molecule has 0 atom stereocenters. The van der Waals surface area contributed by atoms with Gasteiger partial charge in [-0.25, -0.2) is 5.43 Å². The highest BCUT2D eigenvalue weighted by Crippen LogP contribution is 2.30. The lowest BCUT2D eigenvalue weighted by atomic mass is 10.1. The summed E-state index contributed by atoms with van der Waals surface area (Å²) >= 11 is 0. The number of rotatable bonds is 6. The second-order valence-corrected chi connectivity index (χ2v) is 6.64. The Morgan fingerprint density at radius 3 is 2.47 bits per heavy atom. The lowest BCUT2D eigenvalue weighted by Gasteiger charge is -2.03. The Labute approximate surface area is 182 Å². The number of phenols is 2. The quantitative estimate of drug-likeness (QED) is 0.315. The van der Waals surface area contributed by atoms with Gasteiger partial charge in [0.15, 0.2) is 11.5 Å². The van der Waals surface area contributed by atoms with Crippen LogP contribution < -0.4 is 10.2 Å². The molecule has 160 valence electrons. The van der Waals surface area contributed by atoms with Crippen LogP contribution in [0.5, 0.6) is 17.2 Å². The third-order valence-electron chi connectivity index (χ3n) is 4.54. The number of aromatic hydroxyl groups is 2. The second-order valence-electron chi connectivity index (χ2n) is 6.64. The number of nitrogens with one attached hydrogen (secondary N) is 1. The number of benzene rings is 3. The molecular weight excluding hydrogens is 412 g/mol. The molecule has 4 aromatic rings. The molecule has 0 fully saturated rings. The number of methoxy groups -OCH3 is 1. The number of nitrogens with zero attached hydrogens (tertiary/aromatic N) is 3. The van der Waals surface area contributed by atoms with E-state index in [1.165, 1.54) is 25.5 Å². The first-order valence-electron chi connectivity index (χ1n) is 9.48. The Balaban J connectivity index is 1.42. The molecule has 0 aliphatic heterocycles. The number of aromatic nitrogens is 2. The van der Waals surface area contributed by atoms with Crippen molar-refractivity contribution in [3.8, 4) is 40.2 Å². The van der Waals surface area contributed by atoms with E-state index >= 15 is 0 Å². The molecule has 4 rings (SSSR count). The summed E-state index contributed by atoms with van der Waals surface area (Å²) in [6, 6.07) is 18.0. The van der Waals surface area contributed by atoms with E-state index < -0.39 is 5.91 Å². The van der Waals surface area contributed by atoms with Gasteiger partial charge < -0.3 is 19.4 Å². The average molecular weight is 430 g/mol. The molecule has 1 heterocycles. The van der Waals surface area contributed by atoms with Crippen molar-refractivity contribution in [2.24, 2.45) is 5.10 Å². The van der Waals surface area contributed by atoms with Crippen LogP contribution >= 0.6 is 0 Å². The van der Waals surface area contributed by atoms with Crippen molar-refractivity contribution in [3.05, 3.63) is 77.9 Å². The zero-order valence-corrected chi connectivity index (χ0v) is 16.9. The molecule has 0 bridgehead atoms. The molecule has 3 aromatic carbocycles. The average Bonchev–Trinajstić information content (AvgIpc) is 3.29. The number of phenolic OH excluding ortho intramolecular Hbond substituents is 2. The third-order valence-corrected chi connectivity index (χ3v) is 4.54. The zero-order chi connectivity index (χ0) is 22.5. The van der Waals surface area contributed by atoms with Crippen molar-refractivity contribution < 1.29 is 24.2 Å². The summed E-state index contributed by atoms with van der Waals surface area (Å²) in [5.41, 5.74) is 4.45. The Hall–Kier alpha value is -4.66. The largest absolute Gasteiger partial charge is 0.507 e. The molecule has 0 saturated carbocycles. The molecule has 0 radical (unpaired) electrons. The van der Waals surface area contributed by atoms with E-state index in [-0.39, 0.29) is 23.3 Å². The van der Waals surface area contributed by atoms with Crippen LogP contribution in [0.15, 0.2) is 76.2 Å². The van der Waals surface area contributed by atoms with E-state index in [0.717, 1.165) is 0 Å². The summed E-state index contributed by atoms with van der Waals surface area (Å²) in [7, 11) is 1.46. The molecule has 0 aliphatic carbocycles. The first kappa shape index (κ1) is 20.6. The number of ether oxygens (including phenoxy) is 1. The maximum atomic E-state index is 12.3.